The number of nitrogens with zero attached hydrogens (tertiary/aromatic N) is 1. The van der Waals surface area contributed by atoms with Crippen LogP contribution in [-0.2, 0) is 4.74 Å². The largest absolute Gasteiger partial charge is 0.398 e. The average Bonchev–Trinajstić information content (AvgIpc) is 2.98. The van der Waals surface area contributed by atoms with Crippen LogP contribution in [0.15, 0.2) is 30.3 Å². The van der Waals surface area contributed by atoms with Crippen LogP contribution in [0.3, 0.4) is 0 Å². The minimum absolute atomic E-state index is 0.122. The number of aromatic nitrogens is 1. The smallest absolute Gasteiger partial charge is 0.270 e. The van der Waals surface area contributed by atoms with Gasteiger partial charge in [-0.3, -0.25) is 4.79 Å². The Morgan fingerprint density at radius 3 is 3.10 bits per heavy atom. The van der Waals surface area contributed by atoms with Crippen molar-refractivity contribution < 1.29 is 9.53 Å². The maximum Gasteiger partial charge on any atom is 0.270 e. The summed E-state index contributed by atoms with van der Waals surface area (Å²) in [4.78, 5) is 16.5. The number of para-hydroxylation sites is 1. The van der Waals surface area contributed by atoms with Crippen molar-refractivity contribution in [3.8, 4) is 0 Å². The van der Waals surface area contributed by atoms with E-state index in [9.17, 15) is 4.79 Å². The second-order valence-corrected chi connectivity index (χ2v) is 4.96. The molecular weight excluding hydrogens is 254 g/mol. The van der Waals surface area contributed by atoms with Gasteiger partial charge in [-0.25, -0.2) is 4.98 Å². The van der Waals surface area contributed by atoms with Crippen LogP contribution in [-0.4, -0.2) is 30.1 Å². The van der Waals surface area contributed by atoms with E-state index in [4.69, 9.17) is 10.5 Å². The van der Waals surface area contributed by atoms with Crippen LogP contribution < -0.4 is 11.1 Å². The highest BCUT2D eigenvalue weighted by atomic mass is 16.5. The van der Waals surface area contributed by atoms with Crippen molar-refractivity contribution in [2.45, 2.75) is 18.9 Å². The highest BCUT2D eigenvalue weighted by molar-refractivity contribution is 5.99. The van der Waals surface area contributed by atoms with Gasteiger partial charge in [0.25, 0.3) is 5.91 Å². The van der Waals surface area contributed by atoms with Crippen LogP contribution in [0.4, 0.5) is 5.69 Å². The molecule has 0 aliphatic carbocycles. The molecule has 3 N–H and O–H groups in total. The van der Waals surface area contributed by atoms with Gasteiger partial charge < -0.3 is 15.8 Å². The molecule has 0 bridgehead atoms. The summed E-state index contributed by atoms with van der Waals surface area (Å²) in [6.45, 7) is 1.30. The third kappa shape index (κ3) is 2.58. The summed E-state index contributed by atoms with van der Waals surface area (Å²) >= 11 is 0. The number of nitrogens with one attached hydrogen (secondary N) is 1. The molecule has 1 aliphatic heterocycles. The summed E-state index contributed by atoms with van der Waals surface area (Å²) in [5, 5.41) is 3.71. The topological polar surface area (TPSA) is 77.2 Å². The maximum atomic E-state index is 12.1. The molecule has 104 valence electrons. The van der Waals surface area contributed by atoms with E-state index in [0.717, 1.165) is 30.4 Å². The number of pyridine rings is 1. The molecule has 5 heteroatoms. The van der Waals surface area contributed by atoms with Gasteiger partial charge in [-0.2, -0.15) is 0 Å². The number of anilines is 1. The average molecular weight is 271 g/mol. The van der Waals surface area contributed by atoms with E-state index in [1.165, 1.54) is 0 Å². The first-order valence-electron chi connectivity index (χ1n) is 6.79. The molecule has 2 heterocycles. The minimum Gasteiger partial charge on any atom is -0.398 e. The predicted molar refractivity (Wildman–Crippen MR) is 77.5 cm³/mol. The molecule has 1 unspecified atom stereocenters. The summed E-state index contributed by atoms with van der Waals surface area (Å²) in [6.07, 6.45) is 2.17. The third-order valence-corrected chi connectivity index (χ3v) is 3.50. The number of nitrogens with two attached hydrogens (primary N) is 1. The Labute approximate surface area is 117 Å². The number of hydrogen-bond acceptors (Lipinski definition) is 4. The van der Waals surface area contributed by atoms with E-state index in [2.05, 4.69) is 10.3 Å². The van der Waals surface area contributed by atoms with Crippen molar-refractivity contribution in [3.63, 3.8) is 0 Å². The van der Waals surface area contributed by atoms with E-state index in [-0.39, 0.29) is 12.0 Å². The van der Waals surface area contributed by atoms with Crippen LogP contribution in [0.1, 0.15) is 23.3 Å². The lowest BCUT2D eigenvalue weighted by Crippen LogP contribution is -2.32. The zero-order chi connectivity index (χ0) is 13.9. The molecule has 1 aliphatic rings. The molecule has 3 rings (SSSR count). The van der Waals surface area contributed by atoms with Gasteiger partial charge >= 0.3 is 0 Å². The number of hydrogen-bond donors (Lipinski definition) is 2. The highest BCUT2D eigenvalue weighted by Gasteiger charge is 2.17. The zero-order valence-electron chi connectivity index (χ0n) is 11.1. The number of ether oxygens (including phenoxy) is 1. The molecule has 1 aromatic carbocycles. The molecule has 1 atom stereocenters. The van der Waals surface area contributed by atoms with E-state index in [0.29, 0.717) is 17.9 Å². The monoisotopic (exact) mass is 271 g/mol. The van der Waals surface area contributed by atoms with Gasteiger partial charge in [-0.05, 0) is 25.0 Å². The lowest BCUT2D eigenvalue weighted by molar-refractivity contribution is 0.0854. The van der Waals surface area contributed by atoms with Crippen molar-refractivity contribution in [2.24, 2.45) is 0 Å². The van der Waals surface area contributed by atoms with E-state index in [1.807, 2.05) is 24.3 Å². The second-order valence-electron chi connectivity index (χ2n) is 4.96. The van der Waals surface area contributed by atoms with Gasteiger partial charge in [0, 0.05) is 24.2 Å². The maximum absolute atomic E-state index is 12.1. The van der Waals surface area contributed by atoms with E-state index >= 15 is 0 Å². The number of benzene rings is 1. The van der Waals surface area contributed by atoms with Crippen molar-refractivity contribution >= 4 is 22.5 Å². The standard InChI is InChI=1S/C15H17N3O2/c16-12-8-14(18-13-6-2-1-5-11(12)13)15(19)17-9-10-4-3-7-20-10/h1-2,5-6,8,10H,3-4,7,9H2,(H2,16,18)(H,17,19). The summed E-state index contributed by atoms with van der Waals surface area (Å²) in [5.74, 6) is -0.210. The van der Waals surface area contributed by atoms with Gasteiger partial charge in [-0.15, -0.1) is 0 Å². The fraction of sp³-hybridized carbons (Fsp3) is 0.333. The summed E-state index contributed by atoms with van der Waals surface area (Å²) in [6, 6.07) is 9.14. The molecule has 1 aromatic heterocycles. The number of rotatable bonds is 3. The predicted octanol–water partition coefficient (Wildman–Crippen LogP) is 1.73. The molecule has 1 fully saturated rings. The van der Waals surface area contributed by atoms with Crippen LogP contribution in [0, 0.1) is 0 Å². The number of carbonyl (C=O) groups excluding carboxylic acids is 1. The molecular formula is C15H17N3O2. The Bertz CT molecular complexity index is 636. The number of amides is 1. The first-order chi connectivity index (χ1) is 9.74. The second kappa shape index (κ2) is 5.46. The fourth-order valence-electron chi connectivity index (χ4n) is 2.42. The number of carbonyl (C=O) groups is 1. The summed E-state index contributed by atoms with van der Waals surface area (Å²) < 4.78 is 5.47. The minimum atomic E-state index is -0.210. The number of nitrogen functional groups attached to an aromatic ring is 1. The van der Waals surface area contributed by atoms with E-state index < -0.39 is 0 Å². The zero-order valence-corrected chi connectivity index (χ0v) is 11.1. The number of fused-ring (bicyclic) bond motifs is 1. The Morgan fingerprint density at radius 2 is 2.30 bits per heavy atom. The normalized spacial score (nSPS) is 18.3. The lowest BCUT2D eigenvalue weighted by atomic mass is 10.1. The molecule has 20 heavy (non-hydrogen) atoms. The Hall–Kier alpha value is -2.14. The van der Waals surface area contributed by atoms with Gasteiger partial charge in [0.1, 0.15) is 5.69 Å². The molecule has 5 nitrogen and oxygen atoms in total. The van der Waals surface area contributed by atoms with Crippen LogP contribution >= 0.6 is 0 Å². The van der Waals surface area contributed by atoms with Gasteiger partial charge in [0.05, 0.1) is 11.6 Å². The SMILES string of the molecule is Nc1cc(C(=O)NCC2CCCO2)nc2ccccc12. The highest BCUT2D eigenvalue weighted by Crippen LogP contribution is 2.20. The van der Waals surface area contributed by atoms with Crippen molar-refractivity contribution in [2.75, 3.05) is 18.9 Å². The first-order valence-corrected chi connectivity index (χ1v) is 6.79. The fourth-order valence-corrected chi connectivity index (χ4v) is 2.42. The Kier molecular flexibility index (Phi) is 3.52. The molecule has 0 spiro atoms. The quantitative estimate of drug-likeness (QED) is 0.891. The molecule has 0 radical (unpaired) electrons. The van der Waals surface area contributed by atoms with Crippen LogP contribution in [0.25, 0.3) is 10.9 Å². The molecule has 0 saturated carbocycles. The third-order valence-electron chi connectivity index (χ3n) is 3.50. The Morgan fingerprint density at radius 1 is 1.45 bits per heavy atom. The summed E-state index contributed by atoms with van der Waals surface area (Å²) in [5.41, 5.74) is 7.61. The molecule has 1 saturated heterocycles. The van der Waals surface area contributed by atoms with Gasteiger partial charge in [-0.1, -0.05) is 18.2 Å². The summed E-state index contributed by atoms with van der Waals surface area (Å²) in [7, 11) is 0. The van der Waals surface area contributed by atoms with Gasteiger partial charge in [0.15, 0.2) is 0 Å². The van der Waals surface area contributed by atoms with Gasteiger partial charge in [0.2, 0.25) is 0 Å². The van der Waals surface area contributed by atoms with E-state index in [1.54, 1.807) is 6.07 Å². The molecule has 2 aromatic rings. The van der Waals surface area contributed by atoms with Crippen LogP contribution in [0.5, 0.6) is 0 Å². The van der Waals surface area contributed by atoms with Crippen LogP contribution in [0.2, 0.25) is 0 Å². The first kappa shape index (κ1) is 12.9. The molecule has 1 amide bonds. The van der Waals surface area contributed by atoms with Crippen molar-refractivity contribution in [1.82, 2.24) is 10.3 Å². The van der Waals surface area contributed by atoms with Crippen molar-refractivity contribution in [3.05, 3.63) is 36.0 Å². The van der Waals surface area contributed by atoms with Crippen molar-refractivity contribution in [1.29, 1.82) is 0 Å². The lowest BCUT2D eigenvalue weighted by Gasteiger charge is -2.11. The Balaban J connectivity index is 1.77.